The molecule has 1 aromatic heterocycles. The summed E-state index contributed by atoms with van der Waals surface area (Å²) in [5.74, 6) is 0. The monoisotopic (exact) mass is 190 g/mol. The Balaban J connectivity index is 2.75. The highest BCUT2D eigenvalue weighted by atomic mass is 32.1. The van der Waals surface area contributed by atoms with Gasteiger partial charge in [-0.2, -0.15) is 4.99 Å². The van der Waals surface area contributed by atoms with Crippen molar-refractivity contribution in [2.75, 3.05) is 0 Å². The summed E-state index contributed by atoms with van der Waals surface area (Å²) in [4.78, 5) is 7.94. The molecule has 1 aromatic carbocycles. The van der Waals surface area contributed by atoms with Crippen LogP contribution in [0, 0.1) is 6.92 Å². The maximum Gasteiger partial charge on any atom is 0.181 e. The molecule has 1 heterocycles. The zero-order valence-electron chi connectivity index (χ0n) is 6.94. The van der Waals surface area contributed by atoms with Gasteiger partial charge in [0.05, 0.1) is 10.8 Å². The number of rotatable bonds is 1. The Bertz CT molecular complexity index is 497. The van der Waals surface area contributed by atoms with E-state index in [1.807, 2.05) is 13.0 Å². The van der Waals surface area contributed by atoms with Crippen LogP contribution in [0.15, 0.2) is 27.9 Å². The van der Waals surface area contributed by atoms with Gasteiger partial charge in [-0.25, -0.2) is 4.98 Å². The highest BCUT2D eigenvalue weighted by Crippen LogP contribution is 2.24. The molecule has 0 atom stereocenters. The Labute approximate surface area is 80.1 Å². The number of aliphatic imine (C=N–C) groups is 1. The Morgan fingerprint density at radius 1 is 1.54 bits per heavy atom. The van der Waals surface area contributed by atoms with Gasteiger partial charge >= 0.3 is 0 Å². The van der Waals surface area contributed by atoms with Gasteiger partial charge in [0.15, 0.2) is 12.0 Å². The third-order valence-corrected chi connectivity index (χ3v) is 1.91. The SMILES string of the molecule is Cc1cc2ncoc2cc1N=C=S. The minimum Gasteiger partial charge on any atom is -0.443 e. The molecule has 0 bridgehead atoms. The van der Waals surface area contributed by atoms with Crippen molar-refractivity contribution < 1.29 is 4.42 Å². The summed E-state index contributed by atoms with van der Waals surface area (Å²) in [6, 6.07) is 3.71. The molecule has 4 heteroatoms. The van der Waals surface area contributed by atoms with Crippen molar-refractivity contribution in [3.8, 4) is 0 Å². The third kappa shape index (κ3) is 1.37. The largest absolute Gasteiger partial charge is 0.443 e. The van der Waals surface area contributed by atoms with Gasteiger partial charge in [-0.15, -0.1) is 0 Å². The molecule has 0 saturated heterocycles. The lowest BCUT2D eigenvalue weighted by Gasteiger charge is -1.95. The summed E-state index contributed by atoms with van der Waals surface area (Å²) in [6.45, 7) is 1.94. The van der Waals surface area contributed by atoms with E-state index in [4.69, 9.17) is 4.42 Å². The molecule has 2 aromatic rings. The molecule has 0 aliphatic heterocycles. The molecule has 2 rings (SSSR count). The van der Waals surface area contributed by atoms with Gasteiger partial charge in [-0.05, 0) is 30.8 Å². The van der Waals surface area contributed by atoms with Gasteiger partial charge in [0.25, 0.3) is 0 Å². The first-order chi connectivity index (χ1) is 6.31. The summed E-state index contributed by atoms with van der Waals surface area (Å²) in [5, 5.41) is 2.33. The van der Waals surface area contributed by atoms with E-state index in [0.29, 0.717) is 0 Å². The van der Waals surface area contributed by atoms with Crippen molar-refractivity contribution in [3.63, 3.8) is 0 Å². The van der Waals surface area contributed by atoms with Crippen LogP contribution in [0.3, 0.4) is 0 Å². The molecule has 13 heavy (non-hydrogen) atoms. The predicted molar refractivity (Wildman–Crippen MR) is 53.4 cm³/mol. The third-order valence-electron chi connectivity index (χ3n) is 1.82. The van der Waals surface area contributed by atoms with Crippen LogP contribution in [0.4, 0.5) is 5.69 Å². The summed E-state index contributed by atoms with van der Waals surface area (Å²) >= 11 is 4.53. The fraction of sp³-hybridized carbons (Fsp3) is 0.111. The zero-order valence-corrected chi connectivity index (χ0v) is 7.76. The standard InChI is InChI=1S/C9H6N2OS/c1-6-2-8-9(12-4-10-8)3-7(6)11-5-13/h2-4H,1H3. The van der Waals surface area contributed by atoms with Gasteiger partial charge < -0.3 is 4.42 Å². The molecule has 0 N–H and O–H groups in total. The second-order valence-corrected chi connectivity index (χ2v) is 2.84. The van der Waals surface area contributed by atoms with Crippen molar-refractivity contribution in [1.29, 1.82) is 0 Å². The van der Waals surface area contributed by atoms with Crippen LogP contribution in [0.2, 0.25) is 0 Å². The van der Waals surface area contributed by atoms with Crippen LogP contribution in [-0.4, -0.2) is 10.1 Å². The quantitative estimate of drug-likeness (QED) is 0.512. The number of hydrogen-bond donors (Lipinski definition) is 0. The molecular formula is C9H6N2OS. The molecule has 0 fully saturated rings. The number of isothiocyanates is 1. The fourth-order valence-electron chi connectivity index (χ4n) is 1.17. The normalized spacial score (nSPS) is 9.92. The van der Waals surface area contributed by atoms with Crippen LogP contribution < -0.4 is 0 Å². The fourth-order valence-corrected chi connectivity index (χ4v) is 1.27. The van der Waals surface area contributed by atoms with Crippen molar-refractivity contribution in [3.05, 3.63) is 24.1 Å². The smallest absolute Gasteiger partial charge is 0.181 e. The molecule has 3 nitrogen and oxygen atoms in total. The van der Waals surface area contributed by atoms with E-state index >= 15 is 0 Å². The predicted octanol–water partition coefficient (Wildman–Crippen LogP) is 2.87. The zero-order chi connectivity index (χ0) is 9.26. The summed E-state index contributed by atoms with van der Waals surface area (Å²) < 4.78 is 5.13. The Morgan fingerprint density at radius 3 is 3.15 bits per heavy atom. The Morgan fingerprint density at radius 2 is 2.38 bits per heavy atom. The maximum absolute atomic E-state index is 5.13. The van der Waals surface area contributed by atoms with E-state index in [9.17, 15) is 0 Å². The first kappa shape index (κ1) is 8.10. The van der Waals surface area contributed by atoms with Crippen molar-refractivity contribution in [2.24, 2.45) is 4.99 Å². The van der Waals surface area contributed by atoms with Crippen molar-refractivity contribution in [2.45, 2.75) is 6.92 Å². The number of hydrogen-bond acceptors (Lipinski definition) is 4. The molecule has 0 amide bonds. The average Bonchev–Trinajstić information content (AvgIpc) is 2.52. The molecule has 64 valence electrons. The highest BCUT2D eigenvalue weighted by Gasteiger charge is 2.02. The second kappa shape index (κ2) is 3.09. The summed E-state index contributed by atoms with van der Waals surface area (Å²) in [7, 11) is 0. The molecular weight excluding hydrogens is 184 g/mol. The van der Waals surface area contributed by atoms with Gasteiger partial charge in [0.2, 0.25) is 0 Å². The second-order valence-electron chi connectivity index (χ2n) is 2.66. The number of fused-ring (bicyclic) bond motifs is 1. The lowest BCUT2D eigenvalue weighted by atomic mass is 10.2. The van der Waals surface area contributed by atoms with Crippen LogP contribution in [0.25, 0.3) is 11.1 Å². The van der Waals surface area contributed by atoms with Gasteiger partial charge in [0, 0.05) is 6.07 Å². The van der Waals surface area contributed by atoms with E-state index in [1.165, 1.54) is 6.39 Å². The maximum atomic E-state index is 5.13. The highest BCUT2D eigenvalue weighted by molar-refractivity contribution is 7.78. The summed E-state index contributed by atoms with van der Waals surface area (Å²) in [6.07, 6.45) is 1.41. The van der Waals surface area contributed by atoms with Gasteiger partial charge in [-0.1, -0.05) is 0 Å². The van der Waals surface area contributed by atoms with Crippen LogP contribution >= 0.6 is 12.2 Å². The Kier molecular flexibility index (Phi) is 1.93. The van der Waals surface area contributed by atoms with E-state index in [-0.39, 0.29) is 0 Å². The average molecular weight is 190 g/mol. The Hall–Kier alpha value is -1.51. The molecule has 0 radical (unpaired) electrons. The number of nitrogens with zero attached hydrogens (tertiary/aromatic N) is 2. The number of aromatic nitrogens is 1. The molecule has 0 unspecified atom stereocenters. The van der Waals surface area contributed by atoms with Crippen molar-refractivity contribution in [1.82, 2.24) is 4.98 Å². The minimum atomic E-state index is 0.717. The number of oxazole rings is 1. The summed E-state index contributed by atoms with van der Waals surface area (Å²) in [5.41, 5.74) is 3.34. The first-order valence-corrected chi connectivity index (χ1v) is 4.14. The van der Waals surface area contributed by atoms with Crippen LogP contribution in [0.1, 0.15) is 5.56 Å². The lowest BCUT2D eigenvalue weighted by molar-refractivity contribution is 0.602. The van der Waals surface area contributed by atoms with Crippen LogP contribution in [0.5, 0.6) is 0 Å². The molecule has 0 aliphatic rings. The lowest BCUT2D eigenvalue weighted by Crippen LogP contribution is -1.74. The van der Waals surface area contributed by atoms with Gasteiger partial charge in [0.1, 0.15) is 5.52 Å². The number of benzene rings is 1. The molecule has 0 aliphatic carbocycles. The molecule has 0 spiro atoms. The topological polar surface area (TPSA) is 38.4 Å². The van der Waals surface area contributed by atoms with E-state index in [1.54, 1.807) is 6.07 Å². The van der Waals surface area contributed by atoms with E-state index in [0.717, 1.165) is 22.4 Å². The van der Waals surface area contributed by atoms with E-state index in [2.05, 4.69) is 27.4 Å². The van der Waals surface area contributed by atoms with Crippen LogP contribution in [-0.2, 0) is 0 Å². The minimum absolute atomic E-state index is 0.717. The van der Waals surface area contributed by atoms with Gasteiger partial charge in [-0.3, -0.25) is 0 Å². The number of aryl methyl sites for hydroxylation is 1. The van der Waals surface area contributed by atoms with Crippen molar-refractivity contribution >= 4 is 34.2 Å². The number of thiocarbonyl (C=S) groups is 1. The molecule has 0 saturated carbocycles. The van der Waals surface area contributed by atoms with E-state index < -0.39 is 0 Å². The first-order valence-electron chi connectivity index (χ1n) is 3.73.